The second kappa shape index (κ2) is 9.44. The largest absolute Gasteiger partial charge is 0.467 e. The summed E-state index contributed by atoms with van der Waals surface area (Å²) in [6.07, 6.45) is -3.24. The molecule has 0 atom stereocenters. The monoisotopic (exact) mass is 465 g/mol. The van der Waals surface area contributed by atoms with E-state index in [1.165, 1.54) is 17.2 Å². The van der Waals surface area contributed by atoms with E-state index in [9.17, 15) is 22.8 Å². The first-order chi connectivity index (χ1) is 15.0. The average molecular weight is 466 g/mol. The zero-order valence-corrected chi connectivity index (χ0v) is 17.9. The van der Waals surface area contributed by atoms with Gasteiger partial charge in [-0.2, -0.15) is 13.2 Å². The lowest BCUT2D eigenvalue weighted by Gasteiger charge is -2.22. The smallest absolute Gasteiger partial charge is 0.417 e. The molecule has 2 aromatic heterocycles. The van der Waals surface area contributed by atoms with Crippen LogP contribution in [-0.4, -0.2) is 28.2 Å². The van der Waals surface area contributed by atoms with Gasteiger partial charge in [0.05, 0.1) is 34.7 Å². The molecule has 6 nitrogen and oxygen atoms in total. The van der Waals surface area contributed by atoms with Gasteiger partial charge in [-0.3, -0.25) is 14.6 Å². The molecular formula is C22H19ClF3N3O3. The van der Waals surface area contributed by atoms with Crippen LogP contribution in [-0.2, 0) is 17.5 Å². The highest BCUT2D eigenvalue weighted by atomic mass is 35.5. The number of aromatic nitrogens is 1. The van der Waals surface area contributed by atoms with Crippen LogP contribution in [0.15, 0.2) is 53.1 Å². The summed E-state index contributed by atoms with van der Waals surface area (Å²) in [6.45, 7) is 3.03. The maximum Gasteiger partial charge on any atom is 0.417 e. The van der Waals surface area contributed by atoms with Crippen molar-refractivity contribution < 1.29 is 27.2 Å². The molecule has 0 aliphatic heterocycles. The zero-order valence-electron chi connectivity index (χ0n) is 17.2. The Balaban J connectivity index is 1.82. The fraction of sp³-hybridized carbons (Fsp3) is 0.227. The molecular weight excluding hydrogens is 447 g/mol. The highest BCUT2D eigenvalue weighted by Crippen LogP contribution is 2.36. The maximum absolute atomic E-state index is 13.1. The molecule has 0 bridgehead atoms. The van der Waals surface area contributed by atoms with E-state index < -0.39 is 35.1 Å². The molecule has 1 N–H and O–H groups in total. The Bertz CT molecular complexity index is 1130. The van der Waals surface area contributed by atoms with E-state index in [0.717, 1.165) is 17.8 Å². The minimum absolute atomic E-state index is 0.0129. The molecule has 0 radical (unpaired) electrons. The Labute approximate surface area is 187 Å². The lowest BCUT2D eigenvalue weighted by atomic mass is 10.1. The van der Waals surface area contributed by atoms with Crippen molar-refractivity contribution in [3.05, 3.63) is 82.0 Å². The summed E-state index contributed by atoms with van der Waals surface area (Å²) in [6, 6.07) is 9.62. The zero-order chi connectivity index (χ0) is 23.5. The minimum atomic E-state index is -4.67. The average Bonchev–Trinajstić information content (AvgIpc) is 3.21. The third-order valence-corrected chi connectivity index (χ3v) is 4.89. The molecule has 0 aliphatic rings. The number of hydrogen-bond donors (Lipinski definition) is 1. The van der Waals surface area contributed by atoms with Gasteiger partial charge < -0.3 is 14.6 Å². The van der Waals surface area contributed by atoms with E-state index in [1.54, 1.807) is 38.1 Å². The number of benzene rings is 1. The summed E-state index contributed by atoms with van der Waals surface area (Å²) >= 11 is 5.61. The molecule has 0 fully saturated rings. The quantitative estimate of drug-likeness (QED) is 0.540. The van der Waals surface area contributed by atoms with Crippen LogP contribution in [0.5, 0.6) is 0 Å². The molecule has 2 amide bonds. The van der Waals surface area contributed by atoms with Crippen LogP contribution in [0, 0.1) is 13.8 Å². The molecule has 3 rings (SSSR count). The Morgan fingerprint density at radius 3 is 2.53 bits per heavy atom. The van der Waals surface area contributed by atoms with E-state index >= 15 is 0 Å². The van der Waals surface area contributed by atoms with Gasteiger partial charge in [0.2, 0.25) is 5.91 Å². The van der Waals surface area contributed by atoms with Gasteiger partial charge in [0.25, 0.3) is 5.91 Å². The number of nitrogens with zero attached hydrogens (tertiary/aromatic N) is 2. The number of amides is 2. The van der Waals surface area contributed by atoms with Crippen LogP contribution in [0.2, 0.25) is 5.02 Å². The first-order valence-electron chi connectivity index (χ1n) is 9.47. The molecule has 10 heteroatoms. The number of carbonyl (C=O) groups is 2. The Hall–Kier alpha value is -3.33. The Morgan fingerprint density at radius 1 is 1.16 bits per heavy atom. The van der Waals surface area contributed by atoms with Crippen LogP contribution < -0.4 is 5.32 Å². The number of alkyl halides is 3. The fourth-order valence-corrected chi connectivity index (χ4v) is 3.29. The lowest BCUT2D eigenvalue weighted by molar-refractivity contribution is -0.137. The Kier molecular flexibility index (Phi) is 6.88. The second-order valence-corrected chi connectivity index (χ2v) is 7.47. The third-order valence-electron chi connectivity index (χ3n) is 4.56. The molecule has 0 unspecified atom stereocenters. The number of rotatable bonds is 6. The van der Waals surface area contributed by atoms with E-state index in [-0.39, 0.29) is 12.2 Å². The summed E-state index contributed by atoms with van der Waals surface area (Å²) in [7, 11) is 0. The Morgan fingerprint density at radius 2 is 1.91 bits per heavy atom. The SMILES string of the molecule is Cc1ccc(C(=O)N(CC(=O)Nc2ccc(Cl)c(C(F)(F)F)c2)Cc2ccco2)c(C)n1. The summed E-state index contributed by atoms with van der Waals surface area (Å²) in [5.74, 6) is -0.707. The number of pyridine rings is 1. The van der Waals surface area contributed by atoms with E-state index in [2.05, 4.69) is 10.3 Å². The van der Waals surface area contributed by atoms with Crippen LogP contribution in [0.25, 0.3) is 0 Å². The van der Waals surface area contributed by atoms with Gasteiger partial charge in [-0.05, 0) is 56.3 Å². The number of halogens is 4. The van der Waals surface area contributed by atoms with Crippen molar-refractivity contribution in [3.63, 3.8) is 0 Å². The lowest BCUT2D eigenvalue weighted by Crippen LogP contribution is -2.38. The molecule has 0 aliphatic carbocycles. The van der Waals surface area contributed by atoms with Gasteiger partial charge in [-0.1, -0.05) is 11.6 Å². The van der Waals surface area contributed by atoms with Crippen LogP contribution in [0.3, 0.4) is 0 Å². The van der Waals surface area contributed by atoms with Crippen molar-refractivity contribution in [1.82, 2.24) is 9.88 Å². The predicted octanol–water partition coefficient (Wildman–Crippen LogP) is 5.24. The number of aryl methyl sites for hydroxylation is 2. The van der Waals surface area contributed by atoms with Crippen molar-refractivity contribution in [2.24, 2.45) is 0 Å². The van der Waals surface area contributed by atoms with Gasteiger partial charge in [0, 0.05) is 11.4 Å². The van der Waals surface area contributed by atoms with Crippen molar-refractivity contribution >= 4 is 29.1 Å². The summed E-state index contributed by atoms with van der Waals surface area (Å²) < 4.78 is 44.5. The fourth-order valence-electron chi connectivity index (χ4n) is 3.07. The standard InChI is InChI=1S/C22H19ClF3N3O3/c1-13-5-7-17(14(2)27-13)21(31)29(11-16-4-3-9-32-16)12-20(30)28-15-6-8-19(23)18(10-15)22(24,25)26/h3-10H,11-12H2,1-2H3,(H,28,30). The molecule has 3 aromatic rings. The first kappa shape index (κ1) is 23.3. The molecule has 0 saturated heterocycles. The predicted molar refractivity (Wildman–Crippen MR) is 112 cm³/mol. The minimum Gasteiger partial charge on any atom is -0.467 e. The van der Waals surface area contributed by atoms with Crippen molar-refractivity contribution in [3.8, 4) is 0 Å². The second-order valence-electron chi connectivity index (χ2n) is 7.07. The summed E-state index contributed by atoms with van der Waals surface area (Å²) in [4.78, 5) is 31.2. The number of carbonyl (C=O) groups excluding carboxylic acids is 2. The van der Waals surface area contributed by atoms with E-state index in [4.69, 9.17) is 16.0 Å². The van der Waals surface area contributed by atoms with Crippen molar-refractivity contribution in [2.45, 2.75) is 26.6 Å². The van der Waals surface area contributed by atoms with Crippen LogP contribution >= 0.6 is 11.6 Å². The van der Waals surface area contributed by atoms with Crippen molar-refractivity contribution in [1.29, 1.82) is 0 Å². The van der Waals surface area contributed by atoms with Gasteiger partial charge in [0.15, 0.2) is 0 Å². The van der Waals surface area contributed by atoms with Gasteiger partial charge in [-0.25, -0.2) is 0 Å². The first-order valence-corrected chi connectivity index (χ1v) is 9.85. The molecule has 1 aromatic carbocycles. The van der Waals surface area contributed by atoms with E-state index in [1.807, 2.05) is 0 Å². The number of hydrogen-bond acceptors (Lipinski definition) is 4. The third kappa shape index (κ3) is 5.67. The molecule has 168 valence electrons. The topological polar surface area (TPSA) is 75.4 Å². The van der Waals surface area contributed by atoms with E-state index in [0.29, 0.717) is 17.0 Å². The van der Waals surface area contributed by atoms with Crippen molar-refractivity contribution in [2.75, 3.05) is 11.9 Å². The molecule has 0 saturated carbocycles. The summed E-state index contributed by atoms with van der Waals surface area (Å²) in [5.41, 5.74) is 0.373. The molecule has 32 heavy (non-hydrogen) atoms. The highest BCUT2D eigenvalue weighted by Gasteiger charge is 2.33. The molecule has 2 heterocycles. The van der Waals surface area contributed by atoms with Gasteiger partial charge >= 0.3 is 6.18 Å². The van der Waals surface area contributed by atoms with Gasteiger partial charge in [-0.15, -0.1) is 0 Å². The van der Waals surface area contributed by atoms with Crippen LogP contribution in [0.1, 0.15) is 33.1 Å². The number of anilines is 1. The normalized spacial score (nSPS) is 11.3. The van der Waals surface area contributed by atoms with Crippen LogP contribution in [0.4, 0.5) is 18.9 Å². The highest BCUT2D eigenvalue weighted by molar-refractivity contribution is 6.31. The molecule has 0 spiro atoms. The summed E-state index contributed by atoms with van der Waals surface area (Å²) in [5, 5.41) is 1.90. The number of furan rings is 1. The van der Waals surface area contributed by atoms with Gasteiger partial charge in [0.1, 0.15) is 12.3 Å². The number of nitrogens with one attached hydrogen (secondary N) is 1. The maximum atomic E-state index is 13.1.